The fraction of sp³-hybridized carbons (Fsp3) is 0.348. The lowest BCUT2D eigenvalue weighted by Crippen LogP contribution is -2.58. The number of amides is 2. The summed E-state index contributed by atoms with van der Waals surface area (Å²) in [5.41, 5.74) is 2.18. The third kappa shape index (κ3) is 3.70. The Labute approximate surface area is 184 Å². The molecule has 2 amide bonds. The Morgan fingerprint density at radius 1 is 1.09 bits per heavy atom. The van der Waals surface area contributed by atoms with Crippen LogP contribution in [0.5, 0.6) is 5.75 Å². The highest BCUT2D eigenvalue weighted by atomic mass is 16.5. The number of tetrazole rings is 1. The van der Waals surface area contributed by atoms with Crippen molar-refractivity contribution in [2.75, 3.05) is 5.32 Å². The maximum Gasteiger partial charge on any atom is 0.269 e. The summed E-state index contributed by atoms with van der Waals surface area (Å²) < 4.78 is 6.14. The van der Waals surface area contributed by atoms with Crippen molar-refractivity contribution in [1.82, 2.24) is 25.9 Å². The van der Waals surface area contributed by atoms with Gasteiger partial charge in [-0.3, -0.25) is 14.9 Å². The van der Waals surface area contributed by atoms with Crippen LogP contribution < -0.4 is 15.4 Å². The van der Waals surface area contributed by atoms with Gasteiger partial charge in [0.25, 0.3) is 17.8 Å². The molecule has 2 aromatic carbocycles. The predicted molar refractivity (Wildman–Crippen MR) is 116 cm³/mol. The topological polar surface area (TPSA) is 122 Å². The summed E-state index contributed by atoms with van der Waals surface area (Å²) in [6, 6.07) is 13.3. The number of aromatic amines is 1. The molecule has 0 aliphatic heterocycles. The van der Waals surface area contributed by atoms with Gasteiger partial charge in [0, 0.05) is 12.8 Å². The minimum atomic E-state index is -1.18. The van der Waals surface area contributed by atoms with E-state index in [4.69, 9.17) is 4.74 Å². The van der Waals surface area contributed by atoms with Crippen LogP contribution in [0.1, 0.15) is 46.3 Å². The van der Waals surface area contributed by atoms with Gasteiger partial charge in [0.05, 0.1) is 11.7 Å². The number of para-hydroxylation sites is 1. The van der Waals surface area contributed by atoms with Crippen molar-refractivity contribution in [2.24, 2.45) is 0 Å². The maximum absolute atomic E-state index is 13.5. The molecule has 2 aliphatic carbocycles. The second kappa shape index (κ2) is 8.07. The average molecular weight is 432 g/mol. The fourth-order valence-electron chi connectivity index (χ4n) is 4.28. The van der Waals surface area contributed by atoms with E-state index < -0.39 is 11.4 Å². The van der Waals surface area contributed by atoms with E-state index in [2.05, 4.69) is 31.3 Å². The SMILES string of the molecule is Cc1cccc(C(=O)NC2(C(=O)Nc3nn[nH]n3)Cc3ccccc3C2)c1OC1CCC1. The van der Waals surface area contributed by atoms with E-state index in [0.29, 0.717) is 24.2 Å². The van der Waals surface area contributed by atoms with Crippen LogP contribution in [0.2, 0.25) is 0 Å². The van der Waals surface area contributed by atoms with Crippen molar-refractivity contribution in [1.29, 1.82) is 0 Å². The zero-order valence-corrected chi connectivity index (χ0v) is 17.7. The normalized spacial score (nSPS) is 16.7. The Morgan fingerprint density at radius 2 is 1.84 bits per heavy atom. The lowest BCUT2D eigenvalue weighted by atomic mass is 9.93. The largest absolute Gasteiger partial charge is 0.489 e. The highest BCUT2D eigenvalue weighted by Crippen LogP contribution is 2.34. The van der Waals surface area contributed by atoms with Crippen LogP contribution in [0.4, 0.5) is 5.95 Å². The summed E-state index contributed by atoms with van der Waals surface area (Å²) in [5, 5.41) is 19.1. The number of nitrogens with one attached hydrogen (secondary N) is 3. The highest BCUT2D eigenvalue weighted by Gasteiger charge is 2.46. The molecular weight excluding hydrogens is 408 g/mol. The summed E-state index contributed by atoms with van der Waals surface area (Å²) in [4.78, 5) is 26.9. The predicted octanol–water partition coefficient (Wildman–Crippen LogP) is 2.35. The molecule has 2 aliphatic rings. The number of carbonyl (C=O) groups excluding carboxylic acids is 2. The number of fused-ring (bicyclic) bond motifs is 1. The standard InChI is InChI=1S/C23H24N6O3/c1-14-6-4-11-18(19(14)32-17-9-5-10-17)20(30)25-23(21(31)24-22-26-28-29-27-22)12-15-7-2-3-8-16(15)13-23/h2-4,6-8,11,17H,5,9-10,12-13H2,1H3,(H,25,30)(H2,24,26,27,28,29,31). The molecule has 5 rings (SSSR count). The van der Waals surface area contributed by atoms with Crippen molar-refractivity contribution < 1.29 is 14.3 Å². The van der Waals surface area contributed by atoms with Gasteiger partial charge in [0.15, 0.2) is 0 Å². The zero-order valence-electron chi connectivity index (χ0n) is 17.7. The Bertz CT molecular complexity index is 1130. The quantitative estimate of drug-likeness (QED) is 0.550. The van der Waals surface area contributed by atoms with Gasteiger partial charge < -0.3 is 10.1 Å². The second-order valence-corrected chi connectivity index (χ2v) is 8.47. The number of H-pyrrole nitrogens is 1. The first-order valence-corrected chi connectivity index (χ1v) is 10.7. The monoisotopic (exact) mass is 432 g/mol. The van der Waals surface area contributed by atoms with Crippen LogP contribution in [-0.2, 0) is 17.6 Å². The summed E-state index contributed by atoms with van der Waals surface area (Å²) in [5.74, 6) is -0.0975. The molecule has 3 aromatic rings. The minimum absolute atomic E-state index is 0.0594. The van der Waals surface area contributed by atoms with Gasteiger partial charge >= 0.3 is 0 Å². The van der Waals surface area contributed by atoms with Crippen LogP contribution >= 0.6 is 0 Å². The van der Waals surface area contributed by atoms with Gasteiger partial charge in [-0.1, -0.05) is 41.5 Å². The average Bonchev–Trinajstić information content (AvgIpc) is 3.39. The van der Waals surface area contributed by atoms with Crippen LogP contribution in [0.15, 0.2) is 42.5 Å². The maximum atomic E-state index is 13.5. The molecule has 9 nitrogen and oxygen atoms in total. The molecule has 1 saturated carbocycles. The van der Waals surface area contributed by atoms with Gasteiger partial charge in [-0.25, -0.2) is 0 Å². The number of benzene rings is 2. The highest BCUT2D eigenvalue weighted by molar-refractivity contribution is 6.05. The van der Waals surface area contributed by atoms with E-state index in [0.717, 1.165) is 36.0 Å². The van der Waals surface area contributed by atoms with Gasteiger partial charge in [-0.15, -0.1) is 5.10 Å². The molecule has 164 valence electrons. The molecule has 0 saturated heterocycles. The van der Waals surface area contributed by atoms with Crippen molar-refractivity contribution in [2.45, 2.75) is 50.7 Å². The molecule has 32 heavy (non-hydrogen) atoms. The van der Waals surface area contributed by atoms with E-state index in [1.807, 2.05) is 43.3 Å². The van der Waals surface area contributed by atoms with Crippen molar-refractivity contribution in [3.63, 3.8) is 0 Å². The van der Waals surface area contributed by atoms with Crippen LogP contribution in [-0.4, -0.2) is 44.1 Å². The third-order valence-electron chi connectivity index (χ3n) is 6.25. The van der Waals surface area contributed by atoms with E-state index in [1.165, 1.54) is 0 Å². The van der Waals surface area contributed by atoms with Crippen LogP contribution in [0.25, 0.3) is 0 Å². The molecular formula is C23H24N6O3. The van der Waals surface area contributed by atoms with E-state index in [-0.39, 0.29) is 18.0 Å². The van der Waals surface area contributed by atoms with Crippen molar-refractivity contribution >= 4 is 17.8 Å². The first-order chi connectivity index (χ1) is 15.5. The lowest BCUT2D eigenvalue weighted by Gasteiger charge is -2.30. The molecule has 0 spiro atoms. The third-order valence-corrected chi connectivity index (χ3v) is 6.25. The van der Waals surface area contributed by atoms with E-state index in [9.17, 15) is 9.59 Å². The van der Waals surface area contributed by atoms with E-state index in [1.54, 1.807) is 6.07 Å². The van der Waals surface area contributed by atoms with Gasteiger partial charge in [0.2, 0.25) is 0 Å². The number of aryl methyl sites for hydroxylation is 1. The second-order valence-electron chi connectivity index (χ2n) is 8.47. The van der Waals surface area contributed by atoms with E-state index >= 15 is 0 Å². The summed E-state index contributed by atoms with van der Waals surface area (Å²) in [6.07, 6.45) is 3.97. The minimum Gasteiger partial charge on any atom is -0.489 e. The van der Waals surface area contributed by atoms with Gasteiger partial charge in [0.1, 0.15) is 11.3 Å². The number of hydrogen-bond donors (Lipinski definition) is 3. The Morgan fingerprint density at radius 3 is 2.47 bits per heavy atom. The number of anilines is 1. The van der Waals surface area contributed by atoms with Crippen LogP contribution in [0.3, 0.4) is 0 Å². The molecule has 1 aromatic heterocycles. The molecule has 9 heteroatoms. The molecule has 1 fully saturated rings. The number of rotatable bonds is 6. The molecule has 0 radical (unpaired) electrons. The first kappa shape index (κ1) is 20.2. The number of carbonyl (C=O) groups is 2. The van der Waals surface area contributed by atoms with Crippen LogP contribution in [0, 0.1) is 6.92 Å². The zero-order chi connectivity index (χ0) is 22.1. The Kier molecular flexibility index (Phi) is 5.08. The molecule has 0 unspecified atom stereocenters. The van der Waals surface area contributed by atoms with Crippen molar-refractivity contribution in [3.05, 3.63) is 64.7 Å². The van der Waals surface area contributed by atoms with Gasteiger partial charge in [-0.05, 0) is 54.2 Å². The molecule has 3 N–H and O–H groups in total. The summed E-state index contributed by atoms with van der Waals surface area (Å²) in [7, 11) is 0. The molecule has 1 heterocycles. The Balaban J connectivity index is 1.45. The number of hydrogen-bond acceptors (Lipinski definition) is 6. The molecule has 0 atom stereocenters. The summed E-state index contributed by atoms with van der Waals surface area (Å²) in [6.45, 7) is 1.93. The van der Waals surface area contributed by atoms with Crippen molar-refractivity contribution in [3.8, 4) is 5.75 Å². The lowest BCUT2D eigenvalue weighted by molar-refractivity contribution is -0.121. The van der Waals surface area contributed by atoms with Gasteiger partial charge in [-0.2, -0.15) is 5.21 Å². The molecule has 0 bridgehead atoms. The number of nitrogens with zero attached hydrogens (tertiary/aromatic N) is 3. The Hall–Kier alpha value is -3.75. The fourth-order valence-corrected chi connectivity index (χ4v) is 4.28. The number of aromatic nitrogens is 4. The summed E-state index contributed by atoms with van der Waals surface area (Å²) >= 11 is 0. The number of ether oxygens (including phenoxy) is 1. The smallest absolute Gasteiger partial charge is 0.269 e. The first-order valence-electron chi connectivity index (χ1n) is 10.7.